The van der Waals surface area contributed by atoms with E-state index < -0.39 is 30.1 Å². The number of imide groups is 1. The smallest absolute Gasteiger partial charge is 0.406 e. The molecule has 2 heterocycles. The molecule has 2 aromatic rings. The maximum atomic E-state index is 12.8. The molecule has 186 valence electrons. The molecule has 1 aliphatic heterocycles. The number of hydrogen-bond donors (Lipinski definition) is 1. The Morgan fingerprint density at radius 2 is 1.72 bits per heavy atom. The van der Waals surface area contributed by atoms with Crippen LogP contribution in [0.2, 0.25) is 0 Å². The summed E-state index contributed by atoms with van der Waals surface area (Å²) in [5.41, 5.74) is 3.62. The van der Waals surface area contributed by atoms with Gasteiger partial charge in [0.05, 0.1) is 5.69 Å². The molecule has 0 spiro atoms. The molecule has 3 aliphatic rings. The third-order valence-corrected chi connectivity index (χ3v) is 5.40. The van der Waals surface area contributed by atoms with Crippen LogP contribution in [0.25, 0.3) is 11.1 Å². The number of rotatable bonds is 5. The fourth-order valence-electron chi connectivity index (χ4n) is 3.64. The Labute approximate surface area is 204 Å². The Morgan fingerprint density at radius 3 is 2.25 bits per heavy atom. The van der Waals surface area contributed by atoms with Crippen LogP contribution in [0, 0.1) is 0 Å². The van der Waals surface area contributed by atoms with Crippen LogP contribution in [-0.2, 0) is 16.1 Å². The van der Waals surface area contributed by atoms with E-state index in [1.807, 2.05) is 0 Å². The number of ether oxygens (including phenoxy) is 1. The van der Waals surface area contributed by atoms with Gasteiger partial charge in [-0.2, -0.15) is 0 Å². The number of anilines is 2. The minimum absolute atomic E-state index is 0.0760. The quantitative estimate of drug-likeness (QED) is 0.393. The highest BCUT2D eigenvalue weighted by Gasteiger charge is 2.43. The third kappa shape index (κ3) is 5.80. The van der Waals surface area contributed by atoms with Gasteiger partial charge in [0.2, 0.25) is 5.91 Å². The van der Waals surface area contributed by atoms with Crippen LogP contribution < -0.4 is 15.0 Å². The van der Waals surface area contributed by atoms with Gasteiger partial charge >= 0.3 is 12.4 Å². The first kappa shape index (κ1) is 24.7. The van der Waals surface area contributed by atoms with Crippen molar-refractivity contribution < 1.29 is 32.3 Å². The summed E-state index contributed by atoms with van der Waals surface area (Å²) in [7, 11) is 0. The van der Waals surface area contributed by atoms with Gasteiger partial charge in [-0.25, -0.2) is 14.7 Å². The van der Waals surface area contributed by atoms with Crippen LogP contribution >= 0.6 is 0 Å². The topological polar surface area (TPSA) is 91.8 Å². The number of alkyl halides is 3. The lowest BCUT2D eigenvalue weighted by molar-refractivity contribution is -0.274. The summed E-state index contributed by atoms with van der Waals surface area (Å²) < 4.78 is 40.7. The third-order valence-electron chi connectivity index (χ3n) is 5.40. The van der Waals surface area contributed by atoms with Crippen molar-refractivity contribution in [3.63, 3.8) is 0 Å². The van der Waals surface area contributed by atoms with Crippen molar-refractivity contribution in [3.8, 4) is 16.9 Å². The van der Waals surface area contributed by atoms with E-state index in [0.717, 1.165) is 17.0 Å². The van der Waals surface area contributed by atoms with Crippen LogP contribution in [0.1, 0.15) is 19.4 Å². The minimum atomic E-state index is -4.84. The molecular formula is C25H21F3N4O4. The summed E-state index contributed by atoms with van der Waals surface area (Å²) in [6, 6.07) is 14.8. The molecule has 1 aromatic carbocycles. The molecule has 1 atom stereocenters. The largest absolute Gasteiger partial charge is 0.573 e. The number of pyridine rings is 1. The van der Waals surface area contributed by atoms with Gasteiger partial charge < -0.3 is 15.0 Å². The van der Waals surface area contributed by atoms with Gasteiger partial charge in [-0.05, 0) is 66.1 Å². The monoisotopic (exact) mass is 498 g/mol. The van der Waals surface area contributed by atoms with Crippen LogP contribution in [0.4, 0.5) is 29.5 Å². The second-order valence-corrected chi connectivity index (χ2v) is 8.11. The maximum absolute atomic E-state index is 12.8. The fourth-order valence-corrected chi connectivity index (χ4v) is 3.64. The van der Waals surface area contributed by atoms with Gasteiger partial charge in [0.15, 0.2) is 0 Å². The number of halogens is 3. The Morgan fingerprint density at radius 1 is 1.06 bits per heavy atom. The zero-order valence-electron chi connectivity index (χ0n) is 19.2. The van der Waals surface area contributed by atoms with E-state index in [9.17, 15) is 27.6 Å². The number of nitrogens with one attached hydrogen (secondary N) is 1. The van der Waals surface area contributed by atoms with Gasteiger partial charge in [0.1, 0.15) is 17.6 Å². The molecular weight excluding hydrogens is 477 g/mol. The summed E-state index contributed by atoms with van der Waals surface area (Å²) >= 11 is 0. The Hall–Kier alpha value is -4.41. The molecule has 0 bridgehead atoms. The number of aromatic nitrogens is 1. The number of benzene rings is 2. The van der Waals surface area contributed by atoms with E-state index in [2.05, 4.69) is 39.3 Å². The van der Waals surface area contributed by atoms with Gasteiger partial charge in [0.25, 0.3) is 5.91 Å². The first-order valence-corrected chi connectivity index (χ1v) is 10.8. The number of urea groups is 1. The highest BCUT2D eigenvalue weighted by Crippen LogP contribution is 2.33. The predicted octanol–water partition coefficient (Wildman–Crippen LogP) is 4.96. The lowest BCUT2D eigenvalue weighted by Crippen LogP contribution is -2.33. The highest BCUT2D eigenvalue weighted by atomic mass is 19.4. The average molecular weight is 498 g/mol. The zero-order valence-corrected chi connectivity index (χ0v) is 19.2. The molecule has 5 rings (SSSR count). The second-order valence-electron chi connectivity index (χ2n) is 8.11. The normalized spacial score (nSPS) is 15.9. The second kappa shape index (κ2) is 9.68. The Balaban J connectivity index is 0.000000434. The molecule has 2 aliphatic carbocycles. The molecule has 0 radical (unpaired) electrons. The first-order valence-electron chi connectivity index (χ1n) is 10.8. The van der Waals surface area contributed by atoms with E-state index >= 15 is 0 Å². The lowest BCUT2D eigenvalue weighted by atomic mass is 10.2. The van der Waals surface area contributed by atoms with Crippen LogP contribution in [0.3, 0.4) is 0 Å². The van der Waals surface area contributed by atoms with Crippen molar-refractivity contribution in [2.45, 2.75) is 32.8 Å². The molecule has 36 heavy (non-hydrogen) atoms. The molecule has 1 fully saturated rings. The number of hydrogen-bond acceptors (Lipinski definition) is 5. The maximum Gasteiger partial charge on any atom is 0.573 e. The van der Waals surface area contributed by atoms with E-state index in [1.165, 1.54) is 41.3 Å². The molecule has 1 aromatic heterocycles. The average Bonchev–Trinajstić information content (AvgIpc) is 3.34. The first-order chi connectivity index (χ1) is 17.0. The van der Waals surface area contributed by atoms with Crippen molar-refractivity contribution in [2.24, 2.45) is 0 Å². The van der Waals surface area contributed by atoms with E-state index in [0.29, 0.717) is 11.4 Å². The lowest BCUT2D eigenvalue weighted by Gasteiger charge is -2.19. The standard InChI is InChI=1S/C19H17F3N4O4.C6H4/c1-11-17(28)26(14-3-5-15(6-4-14)30-19(20,21)22)18(29)25(11)10-13-7-8-23-16(9-13)24-12(2)27;1-2-5-4-6(5)3-1/h3-9,11H,10H2,1-2H3,(H,23,24,27);1-4H. The number of carbonyl (C=O) groups excluding carboxylic acids is 3. The fraction of sp³-hybridized carbons (Fsp3) is 0.200. The van der Waals surface area contributed by atoms with Crippen molar-refractivity contribution in [1.82, 2.24) is 9.88 Å². The Kier molecular flexibility index (Phi) is 6.65. The SMILES string of the molecule is CC(=O)Nc1cc(CN2C(=O)N(c3ccc(OC(F)(F)F)cc3)C(=O)C2C)ccn1.c1cc2cc-2c1. The number of fused-ring (bicyclic) bond motifs is 1. The van der Waals surface area contributed by atoms with Gasteiger partial charge in [0, 0.05) is 19.7 Å². The minimum Gasteiger partial charge on any atom is -0.406 e. The molecule has 4 amide bonds. The summed E-state index contributed by atoms with van der Waals surface area (Å²) in [4.78, 5) is 42.9. The van der Waals surface area contributed by atoms with Crippen LogP contribution in [0.15, 0.2) is 66.9 Å². The number of nitrogens with zero attached hydrogens (tertiary/aromatic N) is 3. The molecule has 1 unspecified atom stereocenters. The van der Waals surface area contributed by atoms with Gasteiger partial charge in [-0.15, -0.1) is 13.2 Å². The van der Waals surface area contributed by atoms with Crippen LogP contribution in [-0.4, -0.2) is 40.1 Å². The van der Waals surface area contributed by atoms with Crippen molar-refractivity contribution >= 4 is 29.4 Å². The molecule has 1 saturated heterocycles. The molecule has 0 saturated carbocycles. The molecule has 8 nitrogen and oxygen atoms in total. The number of carbonyl (C=O) groups is 3. The molecule has 11 heteroatoms. The van der Waals surface area contributed by atoms with Gasteiger partial charge in [-0.1, -0.05) is 18.2 Å². The van der Waals surface area contributed by atoms with E-state index in [4.69, 9.17) is 0 Å². The molecule has 1 N–H and O–H groups in total. The van der Waals surface area contributed by atoms with Gasteiger partial charge in [-0.3, -0.25) is 9.59 Å². The van der Waals surface area contributed by atoms with E-state index in [1.54, 1.807) is 19.1 Å². The zero-order chi connectivity index (χ0) is 26.0. The summed E-state index contributed by atoms with van der Waals surface area (Å²) in [6.07, 6.45) is -3.38. The van der Waals surface area contributed by atoms with E-state index in [-0.39, 0.29) is 18.1 Å². The Bertz CT molecular complexity index is 1290. The predicted molar refractivity (Wildman–Crippen MR) is 125 cm³/mol. The summed E-state index contributed by atoms with van der Waals surface area (Å²) in [5, 5.41) is 2.53. The summed E-state index contributed by atoms with van der Waals surface area (Å²) in [5.74, 6) is -0.967. The van der Waals surface area contributed by atoms with Crippen LogP contribution in [0.5, 0.6) is 5.75 Å². The summed E-state index contributed by atoms with van der Waals surface area (Å²) in [6.45, 7) is 2.96. The van der Waals surface area contributed by atoms with Crippen molar-refractivity contribution in [2.75, 3.05) is 10.2 Å². The number of amides is 4. The van der Waals surface area contributed by atoms with Crippen molar-refractivity contribution in [3.05, 3.63) is 72.4 Å². The highest BCUT2D eigenvalue weighted by molar-refractivity contribution is 6.21. The van der Waals surface area contributed by atoms with Crippen molar-refractivity contribution in [1.29, 1.82) is 0 Å².